The second-order valence-electron chi connectivity index (χ2n) is 5.94. The number of methoxy groups -OCH3 is 1. The van der Waals surface area contributed by atoms with Gasteiger partial charge in [0.25, 0.3) is 5.69 Å². The maximum Gasteiger partial charge on any atom is 0.297 e. The van der Waals surface area contributed by atoms with Gasteiger partial charge in [0.1, 0.15) is 0 Å². The molecule has 1 aromatic carbocycles. The van der Waals surface area contributed by atoms with Crippen molar-refractivity contribution < 1.29 is 9.50 Å². The molecule has 0 aromatic heterocycles. The molecule has 3 nitrogen and oxygen atoms in total. The van der Waals surface area contributed by atoms with Crippen LogP contribution in [0.2, 0.25) is 0 Å². The average Bonchev–Trinajstić information content (AvgIpc) is 2.37. The van der Waals surface area contributed by atoms with Crippen LogP contribution in [-0.2, 0) is 5.41 Å². The number of hydrogen-bond acceptors (Lipinski definition) is 2. The van der Waals surface area contributed by atoms with E-state index in [0.29, 0.717) is 11.4 Å². The third-order valence-corrected chi connectivity index (χ3v) is 2.99. The first kappa shape index (κ1) is 18.4. The van der Waals surface area contributed by atoms with Crippen LogP contribution >= 0.6 is 0 Å². The molecule has 0 spiro atoms. The Kier molecular flexibility index (Phi) is 7.19. The van der Waals surface area contributed by atoms with E-state index in [1.54, 1.807) is 7.11 Å². The summed E-state index contributed by atoms with van der Waals surface area (Å²) in [5.41, 5.74) is 2.99. The average molecular weight is 278 g/mol. The Bertz CT molecular complexity index is 470. The van der Waals surface area contributed by atoms with Crippen LogP contribution in [0.15, 0.2) is 30.4 Å². The number of rotatable bonds is 3. The predicted molar refractivity (Wildman–Crippen MR) is 86.0 cm³/mol. The summed E-state index contributed by atoms with van der Waals surface area (Å²) in [6, 6.07) is 5.71. The second-order valence-corrected chi connectivity index (χ2v) is 5.94. The number of hydrogen-bond donors (Lipinski definition) is 0. The van der Waals surface area contributed by atoms with Crippen LogP contribution in [0.5, 0.6) is 5.75 Å². The van der Waals surface area contributed by atoms with Crippen molar-refractivity contribution in [3.8, 4) is 5.75 Å². The molecule has 20 heavy (non-hydrogen) atoms. The Hall–Kier alpha value is -1.64. The van der Waals surface area contributed by atoms with Gasteiger partial charge in [-0.1, -0.05) is 39.3 Å². The molecule has 112 valence electrons. The Morgan fingerprint density at radius 2 is 1.85 bits per heavy atom. The zero-order valence-electron chi connectivity index (χ0n) is 13.9. The van der Waals surface area contributed by atoms with Gasteiger partial charge >= 0.3 is 0 Å². The zero-order valence-corrected chi connectivity index (χ0v) is 13.9. The van der Waals surface area contributed by atoms with Crippen molar-refractivity contribution in [1.82, 2.24) is 0 Å². The summed E-state index contributed by atoms with van der Waals surface area (Å²) in [7, 11) is 3.05. The summed E-state index contributed by atoms with van der Waals surface area (Å²) in [6.07, 6.45) is 1.11. The molecule has 0 aliphatic rings. The minimum absolute atomic E-state index is 0.0387. The fraction of sp³-hybridized carbons (Fsp3) is 0.529. The van der Waals surface area contributed by atoms with E-state index < -0.39 is 0 Å². The van der Waals surface area contributed by atoms with Crippen molar-refractivity contribution in [3.05, 3.63) is 40.8 Å². The Morgan fingerprint density at radius 3 is 2.15 bits per heavy atom. The van der Waals surface area contributed by atoms with Crippen LogP contribution in [0.1, 0.15) is 46.6 Å². The van der Waals surface area contributed by atoms with Gasteiger partial charge in [0.05, 0.1) is 7.11 Å². The van der Waals surface area contributed by atoms with Crippen molar-refractivity contribution in [2.24, 2.45) is 0 Å². The minimum atomic E-state index is 0.0387. The first-order valence-electron chi connectivity index (χ1n) is 6.87. The lowest BCUT2D eigenvalue weighted by molar-refractivity contribution is -0.429. The maximum absolute atomic E-state index is 11.3. The van der Waals surface area contributed by atoms with Gasteiger partial charge < -0.3 is 4.74 Å². The summed E-state index contributed by atoms with van der Waals surface area (Å²) in [4.78, 5) is 11.3. The fourth-order valence-corrected chi connectivity index (χ4v) is 1.40. The molecule has 1 aromatic rings. The van der Waals surface area contributed by atoms with Crippen LogP contribution in [0.3, 0.4) is 0 Å². The molecule has 3 heteroatoms. The number of ether oxygens (including phenoxy) is 1. The SMILES string of the molecule is C=C(C)CC.COc1ccc(C(C)(C)C)cc1[N+](C)=O. The van der Waals surface area contributed by atoms with E-state index in [4.69, 9.17) is 4.74 Å². The normalized spacial score (nSPS) is 10.3. The summed E-state index contributed by atoms with van der Waals surface area (Å²) >= 11 is 0. The van der Waals surface area contributed by atoms with Crippen molar-refractivity contribution in [3.63, 3.8) is 0 Å². The molecule has 0 radical (unpaired) electrons. The quantitative estimate of drug-likeness (QED) is 0.575. The summed E-state index contributed by atoms with van der Waals surface area (Å²) in [5.74, 6) is 0.612. The molecule has 0 unspecified atom stereocenters. The van der Waals surface area contributed by atoms with Crippen LogP contribution < -0.4 is 4.74 Å². The van der Waals surface area contributed by atoms with Gasteiger partial charge in [0.2, 0.25) is 0 Å². The molecule has 0 atom stereocenters. The molecule has 0 saturated carbocycles. The molecular weight excluding hydrogens is 250 g/mol. The molecule has 0 aliphatic heterocycles. The van der Waals surface area contributed by atoms with Crippen LogP contribution in [-0.4, -0.2) is 18.9 Å². The van der Waals surface area contributed by atoms with Crippen LogP contribution in [0.25, 0.3) is 0 Å². The van der Waals surface area contributed by atoms with Crippen molar-refractivity contribution in [2.45, 2.75) is 46.5 Å². The maximum atomic E-state index is 11.3. The Morgan fingerprint density at radius 1 is 1.35 bits per heavy atom. The van der Waals surface area contributed by atoms with E-state index in [2.05, 4.69) is 34.3 Å². The second kappa shape index (κ2) is 7.83. The van der Waals surface area contributed by atoms with E-state index in [1.807, 2.05) is 25.1 Å². The summed E-state index contributed by atoms with van der Waals surface area (Å²) in [5, 5.41) is 0. The van der Waals surface area contributed by atoms with E-state index >= 15 is 0 Å². The van der Waals surface area contributed by atoms with Crippen molar-refractivity contribution >= 4 is 5.69 Å². The number of allylic oxidation sites excluding steroid dienone is 1. The van der Waals surface area contributed by atoms with E-state index in [-0.39, 0.29) is 5.41 Å². The van der Waals surface area contributed by atoms with Gasteiger partial charge in [-0.3, -0.25) is 0 Å². The zero-order chi connectivity index (χ0) is 15.9. The number of nitroso groups, excluding NO2 is 1. The lowest BCUT2D eigenvalue weighted by atomic mass is 9.87. The fourth-order valence-electron chi connectivity index (χ4n) is 1.40. The lowest BCUT2D eigenvalue weighted by Crippen LogP contribution is -2.11. The van der Waals surface area contributed by atoms with Crippen LogP contribution in [0.4, 0.5) is 5.69 Å². The third-order valence-electron chi connectivity index (χ3n) is 2.99. The van der Waals surface area contributed by atoms with Gasteiger partial charge in [0, 0.05) is 15.7 Å². The largest absolute Gasteiger partial charge is 0.490 e. The standard InChI is InChI=1S/C12H18NO2.C5H10/c1-12(2,3)9-6-7-11(15-5)10(8-9)13(4)14;1-4-5(2)3/h6-8H,1-5H3;2,4H2,1,3H3/q+1;. The van der Waals surface area contributed by atoms with Gasteiger partial charge in [0.15, 0.2) is 12.8 Å². The van der Waals surface area contributed by atoms with E-state index in [9.17, 15) is 4.91 Å². The van der Waals surface area contributed by atoms with Gasteiger partial charge in [-0.15, -0.1) is 6.58 Å². The monoisotopic (exact) mass is 278 g/mol. The molecule has 0 saturated heterocycles. The Balaban J connectivity index is 0.000000621. The lowest BCUT2D eigenvalue weighted by Gasteiger charge is -2.18. The molecule has 0 N–H and O–H groups in total. The molecule has 0 fully saturated rings. The molecular formula is C17H28NO2+. The number of benzene rings is 1. The molecule has 0 heterocycles. The molecule has 0 bridgehead atoms. The first-order valence-corrected chi connectivity index (χ1v) is 6.87. The topological polar surface area (TPSA) is 29.3 Å². The smallest absolute Gasteiger partial charge is 0.297 e. The third kappa shape index (κ3) is 6.00. The van der Waals surface area contributed by atoms with E-state index in [0.717, 1.165) is 16.7 Å². The predicted octanol–water partition coefficient (Wildman–Crippen LogP) is 5.01. The van der Waals surface area contributed by atoms with Gasteiger partial charge in [-0.2, -0.15) is 0 Å². The highest BCUT2D eigenvalue weighted by atomic mass is 16.5. The summed E-state index contributed by atoms with van der Waals surface area (Å²) in [6.45, 7) is 14.1. The van der Waals surface area contributed by atoms with Gasteiger partial charge in [-0.25, -0.2) is 0 Å². The molecule has 0 aliphatic carbocycles. The Labute approximate surface area is 123 Å². The van der Waals surface area contributed by atoms with Crippen LogP contribution in [0, 0.1) is 4.91 Å². The van der Waals surface area contributed by atoms with Crippen molar-refractivity contribution in [1.29, 1.82) is 0 Å². The highest BCUT2D eigenvalue weighted by molar-refractivity contribution is 5.49. The minimum Gasteiger partial charge on any atom is -0.490 e. The van der Waals surface area contributed by atoms with E-state index in [1.165, 1.54) is 12.6 Å². The molecule has 0 amide bonds. The van der Waals surface area contributed by atoms with Crippen molar-refractivity contribution in [2.75, 3.05) is 14.2 Å². The van der Waals surface area contributed by atoms with Gasteiger partial charge in [-0.05, 0) is 30.4 Å². The summed E-state index contributed by atoms with van der Waals surface area (Å²) < 4.78 is 5.96. The molecule has 1 rings (SSSR count). The first-order chi connectivity index (χ1) is 9.13. The highest BCUT2D eigenvalue weighted by Gasteiger charge is 2.21. The highest BCUT2D eigenvalue weighted by Crippen LogP contribution is 2.32. The number of nitrogens with zero attached hydrogens (tertiary/aromatic N) is 1.